The number of aromatic nitrogens is 3. The topological polar surface area (TPSA) is 47.3 Å². The first-order chi connectivity index (χ1) is 10.7. The summed E-state index contributed by atoms with van der Waals surface area (Å²) in [5.74, 6) is 0.586. The van der Waals surface area contributed by atoms with Crippen LogP contribution in [0.15, 0.2) is 42.5 Å². The predicted molar refractivity (Wildman–Crippen MR) is 79.8 cm³/mol. The van der Waals surface area contributed by atoms with Gasteiger partial charge in [0.05, 0.1) is 12.1 Å². The number of rotatable bonds is 4. The fourth-order valence-electron chi connectivity index (χ4n) is 2.60. The molecule has 0 bridgehead atoms. The maximum absolute atomic E-state index is 14.0. The number of hydrogen-bond donors (Lipinski definition) is 0. The van der Waals surface area contributed by atoms with Gasteiger partial charge in [0, 0.05) is 11.5 Å². The van der Waals surface area contributed by atoms with Crippen molar-refractivity contribution in [2.24, 2.45) is 5.92 Å². The normalized spacial score (nSPS) is 14.4. The summed E-state index contributed by atoms with van der Waals surface area (Å²) >= 11 is 0. The number of Topliss-reactive ketones (excluding diaryl/α,β-unsaturated/α-hetero) is 1. The number of carbonyl (C=O) groups excluding carboxylic acids is 1. The molecule has 2 aromatic heterocycles. The van der Waals surface area contributed by atoms with Crippen LogP contribution in [0.3, 0.4) is 0 Å². The van der Waals surface area contributed by atoms with E-state index in [1.807, 2.05) is 12.1 Å². The fraction of sp³-hybridized carbons (Fsp3) is 0.235. The van der Waals surface area contributed by atoms with Crippen molar-refractivity contribution < 1.29 is 9.18 Å². The van der Waals surface area contributed by atoms with Gasteiger partial charge in [-0.15, -0.1) is 0 Å². The molecule has 1 aliphatic rings. The van der Waals surface area contributed by atoms with Crippen LogP contribution in [-0.2, 0) is 11.2 Å². The van der Waals surface area contributed by atoms with Gasteiger partial charge in [0.2, 0.25) is 0 Å². The lowest BCUT2D eigenvalue weighted by Crippen LogP contribution is -2.06. The van der Waals surface area contributed by atoms with E-state index in [2.05, 4.69) is 10.1 Å². The van der Waals surface area contributed by atoms with E-state index < -0.39 is 0 Å². The van der Waals surface area contributed by atoms with Crippen molar-refractivity contribution in [1.29, 1.82) is 0 Å². The highest BCUT2D eigenvalue weighted by molar-refractivity contribution is 5.84. The van der Waals surface area contributed by atoms with Crippen LogP contribution in [-0.4, -0.2) is 20.4 Å². The standard InChI is InChI=1S/C17H14FN3O/c18-13-5-2-1-4-12(13)14-6-3-7-17-19-16(20-21(14)17)10-15(22)11-8-9-11/h1-7,11H,8-10H2. The summed E-state index contributed by atoms with van der Waals surface area (Å²) in [5.41, 5.74) is 1.73. The maximum Gasteiger partial charge on any atom is 0.159 e. The minimum atomic E-state index is -0.305. The van der Waals surface area contributed by atoms with Gasteiger partial charge in [-0.05, 0) is 37.1 Å². The molecule has 5 heteroatoms. The Morgan fingerprint density at radius 1 is 1.18 bits per heavy atom. The van der Waals surface area contributed by atoms with Gasteiger partial charge >= 0.3 is 0 Å². The van der Waals surface area contributed by atoms with E-state index in [0.717, 1.165) is 12.8 Å². The number of pyridine rings is 1. The highest BCUT2D eigenvalue weighted by atomic mass is 19.1. The van der Waals surface area contributed by atoms with Gasteiger partial charge in [-0.3, -0.25) is 4.79 Å². The molecule has 1 aromatic carbocycles. The Balaban J connectivity index is 1.78. The lowest BCUT2D eigenvalue weighted by Gasteiger charge is -2.04. The van der Waals surface area contributed by atoms with Gasteiger partial charge in [0.15, 0.2) is 11.5 Å². The van der Waals surface area contributed by atoms with E-state index in [9.17, 15) is 9.18 Å². The number of benzene rings is 1. The summed E-state index contributed by atoms with van der Waals surface area (Å²) in [6.45, 7) is 0. The molecule has 0 N–H and O–H groups in total. The molecule has 4 nitrogen and oxygen atoms in total. The highest BCUT2D eigenvalue weighted by Gasteiger charge is 2.30. The van der Waals surface area contributed by atoms with E-state index in [4.69, 9.17) is 0 Å². The molecule has 110 valence electrons. The molecular weight excluding hydrogens is 281 g/mol. The third-order valence-corrected chi connectivity index (χ3v) is 3.92. The molecule has 1 saturated carbocycles. The molecule has 4 rings (SSSR count). The largest absolute Gasteiger partial charge is 0.299 e. The Bertz CT molecular complexity index is 867. The third-order valence-electron chi connectivity index (χ3n) is 3.92. The Morgan fingerprint density at radius 3 is 2.77 bits per heavy atom. The van der Waals surface area contributed by atoms with E-state index in [1.165, 1.54) is 6.07 Å². The Kier molecular flexibility index (Phi) is 2.99. The molecule has 0 radical (unpaired) electrons. The predicted octanol–water partition coefficient (Wildman–Crippen LogP) is 3.06. The maximum atomic E-state index is 14.0. The fourth-order valence-corrected chi connectivity index (χ4v) is 2.60. The van der Waals surface area contributed by atoms with E-state index >= 15 is 0 Å². The van der Waals surface area contributed by atoms with Crippen molar-refractivity contribution in [3.05, 3.63) is 54.1 Å². The first kappa shape index (κ1) is 13.1. The first-order valence-electron chi connectivity index (χ1n) is 7.34. The quantitative estimate of drug-likeness (QED) is 0.743. The SMILES string of the molecule is O=C(Cc1nc2cccc(-c3ccccc3F)n2n1)C1CC1. The van der Waals surface area contributed by atoms with Gasteiger partial charge in [0.25, 0.3) is 0 Å². The summed E-state index contributed by atoms with van der Waals surface area (Å²) in [4.78, 5) is 16.3. The average molecular weight is 295 g/mol. The number of nitrogens with zero attached hydrogens (tertiary/aromatic N) is 3. The Morgan fingerprint density at radius 2 is 2.00 bits per heavy atom. The summed E-state index contributed by atoms with van der Waals surface area (Å²) in [6.07, 6.45) is 2.21. The van der Waals surface area contributed by atoms with Crippen LogP contribution in [0, 0.1) is 11.7 Å². The smallest absolute Gasteiger partial charge is 0.159 e. The van der Waals surface area contributed by atoms with Crippen LogP contribution in [0.5, 0.6) is 0 Å². The van der Waals surface area contributed by atoms with E-state index in [1.54, 1.807) is 28.8 Å². The molecule has 0 aliphatic heterocycles. The number of fused-ring (bicyclic) bond motifs is 1. The number of halogens is 1. The molecule has 0 amide bonds. The van der Waals surface area contributed by atoms with Gasteiger partial charge in [0.1, 0.15) is 11.6 Å². The van der Waals surface area contributed by atoms with Gasteiger partial charge in [-0.2, -0.15) is 5.10 Å². The average Bonchev–Trinajstić information content (AvgIpc) is 3.28. The molecular formula is C17H14FN3O. The molecule has 0 spiro atoms. The van der Waals surface area contributed by atoms with Crippen molar-refractivity contribution in [1.82, 2.24) is 14.6 Å². The van der Waals surface area contributed by atoms with E-state index in [-0.39, 0.29) is 23.9 Å². The Labute approximate surface area is 126 Å². The molecule has 1 aliphatic carbocycles. The summed E-state index contributed by atoms with van der Waals surface area (Å²) < 4.78 is 15.6. The lowest BCUT2D eigenvalue weighted by atomic mass is 10.1. The minimum Gasteiger partial charge on any atom is -0.299 e. The molecule has 0 atom stereocenters. The third kappa shape index (κ3) is 2.28. The number of ketones is 1. The van der Waals surface area contributed by atoms with Gasteiger partial charge < -0.3 is 0 Å². The highest BCUT2D eigenvalue weighted by Crippen LogP contribution is 2.30. The molecule has 0 unspecified atom stereocenters. The van der Waals surface area contributed by atoms with Crippen LogP contribution in [0.25, 0.3) is 16.9 Å². The zero-order valence-corrected chi connectivity index (χ0v) is 11.9. The van der Waals surface area contributed by atoms with Crippen LogP contribution in [0.2, 0.25) is 0 Å². The van der Waals surface area contributed by atoms with E-state index in [0.29, 0.717) is 22.7 Å². The van der Waals surface area contributed by atoms with Crippen LogP contribution >= 0.6 is 0 Å². The summed E-state index contributed by atoms with van der Waals surface area (Å²) in [5, 5.41) is 4.40. The minimum absolute atomic E-state index is 0.192. The number of carbonyl (C=O) groups is 1. The Hall–Kier alpha value is -2.56. The van der Waals surface area contributed by atoms with Crippen molar-refractivity contribution in [3.8, 4) is 11.3 Å². The molecule has 1 fully saturated rings. The molecule has 22 heavy (non-hydrogen) atoms. The van der Waals surface area contributed by atoms with Crippen molar-refractivity contribution in [2.75, 3.05) is 0 Å². The summed E-state index contributed by atoms with van der Waals surface area (Å²) in [7, 11) is 0. The molecule has 2 heterocycles. The molecule has 0 saturated heterocycles. The monoisotopic (exact) mass is 295 g/mol. The summed E-state index contributed by atoms with van der Waals surface area (Å²) in [6, 6.07) is 12.0. The van der Waals surface area contributed by atoms with Gasteiger partial charge in [-0.1, -0.05) is 18.2 Å². The van der Waals surface area contributed by atoms with Crippen molar-refractivity contribution in [3.63, 3.8) is 0 Å². The second kappa shape index (κ2) is 5.02. The lowest BCUT2D eigenvalue weighted by molar-refractivity contribution is -0.119. The van der Waals surface area contributed by atoms with Crippen LogP contribution < -0.4 is 0 Å². The zero-order chi connectivity index (χ0) is 15.1. The first-order valence-corrected chi connectivity index (χ1v) is 7.34. The van der Waals surface area contributed by atoms with Crippen LogP contribution in [0.4, 0.5) is 4.39 Å². The second-order valence-electron chi connectivity index (χ2n) is 5.61. The molecule has 3 aromatic rings. The zero-order valence-electron chi connectivity index (χ0n) is 11.9. The van der Waals surface area contributed by atoms with Crippen LogP contribution in [0.1, 0.15) is 18.7 Å². The number of hydrogen-bond acceptors (Lipinski definition) is 3. The van der Waals surface area contributed by atoms with Gasteiger partial charge in [-0.25, -0.2) is 13.9 Å². The second-order valence-corrected chi connectivity index (χ2v) is 5.61. The van der Waals surface area contributed by atoms with Crippen molar-refractivity contribution >= 4 is 11.4 Å². The van der Waals surface area contributed by atoms with Crippen molar-refractivity contribution in [2.45, 2.75) is 19.3 Å².